The average molecular weight is 414 g/mol. The van der Waals surface area contributed by atoms with Gasteiger partial charge >= 0.3 is 11.8 Å². The number of nitrogens with zero attached hydrogens (tertiary/aromatic N) is 2. The molecule has 0 spiro atoms. The molecule has 0 N–H and O–H groups in total. The second-order valence-electron chi connectivity index (χ2n) is 7.45. The van der Waals surface area contributed by atoms with Crippen LogP contribution < -0.4 is 10.7 Å². The Hall–Kier alpha value is -3.68. The van der Waals surface area contributed by atoms with E-state index in [9.17, 15) is 18.4 Å². The molecule has 156 valence electrons. The summed E-state index contributed by atoms with van der Waals surface area (Å²) in [5, 5.41) is 0. The zero-order valence-electron chi connectivity index (χ0n) is 16.7. The molecular formula is C22H20F2N2O4. The number of ether oxygens (including phenoxy) is 1. The minimum absolute atomic E-state index is 0.00817. The van der Waals surface area contributed by atoms with Crippen LogP contribution in [-0.4, -0.2) is 16.3 Å². The first-order valence-corrected chi connectivity index (χ1v) is 9.01. The molecule has 0 aliphatic carbocycles. The number of carbonyl (C=O) groups excluding carboxylic acids is 1. The van der Waals surface area contributed by atoms with Crippen LogP contribution in [0.1, 0.15) is 26.5 Å². The number of hydrogen-bond acceptors (Lipinski definition) is 4. The van der Waals surface area contributed by atoms with Crippen LogP contribution in [0.15, 0.2) is 70.5 Å². The van der Waals surface area contributed by atoms with Gasteiger partial charge in [0.1, 0.15) is 17.2 Å². The molecule has 0 aliphatic heterocycles. The number of carbonyl (C=O) groups is 1. The van der Waals surface area contributed by atoms with Crippen LogP contribution in [0, 0.1) is 11.6 Å². The van der Waals surface area contributed by atoms with E-state index in [2.05, 4.69) is 6.58 Å². The van der Waals surface area contributed by atoms with E-state index in [1.165, 1.54) is 54.7 Å². The summed E-state index contributed by atoms with van der Waals surface area (Å²) in [4.78, 5) is 26.2. The standard InChI is InChI=1S/C22H20F2N2O4/c1-14(19-13-25(20(27)29-19)17-9-5-15(23)6-10-17)26(21(28)30-22(2,3)4)18-11-7-16(24)8-12-18/h5-13H,1H2,2-4H3. The summed E-state index contributed by atoms with van der Waals surface area (Å²) in [6.45, 7) is 8.95. The van der Waals surface area contributed by atoms with Crippen LogP contribution in [0.25, 0.3) is 11.4 Å². The van der Waals surface area contributed by atoms with Gasteiger partial charge in [-0.05, 0) is 69.3 Å². The molecule has 0 aliphatic rings. The molecule has 0 radical (unpaired) electrons. The molecule has 30 heavy (non-hydrogen) atoms. The third kappa shape index (κ3) is 4.65. The Kier molecular flexibility index (Phi) is 5.60. The maximum atomic E-state index is 13.4. The lowest BCUT2D eigenvalue weighted by molar-refractivity contribution is 0.0600. The molecule has 8 heteroatoms. The Labute approximate surface area is 171 Å². The quantitative estimate of drug-likeness (QED) is 0.594. The topological polar surface area (TPSA) is 64.7 Å². The van der Waals surface area contributed by atoms with Crippen LogP contribution in [0.4, 0.5) is 19.3 Å². The lowest BCUT2D eigenvalue weighted by Gasteiger charge is -2.27. The molecule has 1 heterocycles. The van der Waals surface area contributed by atoms with Crippen molar-refractivity contribution in [2.24, 2.45) is 0 Å². The van der Waals surface area contributed by atoms with Gasteiger partial charge in [0.25, 0.3) is 0 Å². The minimum atomic E-state index is -0.809. The highest BCUT2D eigenvalue weighted by molar-refractivity contribution is 6.01. The number of amides is 1. The van der Waals surface area contributed by atoms with Crippen molar-refractivity contribution < 1.29 is 22.7 Å². The van der Waals surface area contributed by atoms with Gasteiger partial charge in [-0.25, -0.2) is 27.8 Å². The van der Waals surface area contributed by atoms with E-state index in [0.717, 1.165) is 9.47 Å². The summed E-state index contributed by atoms with van der Waals surface area (Å²) in [5.74, 6) is -1.70. The molecular weight excluding hydrogens is 394 g/mol. The van der Waals surface area contributed by atoms with Crippen molar-refractivity contribution in [2.75, 3.05) is 4.90 Å². The van der Waals surface area contributed by atoms with Crippen molar-refractivity contribution in [1.82, 2.24) is 4.57 Å². The predicted molar refractivity (Wildman–Crippen MR) is 108 cm³/mol. The maximum absolute atomic E-state index is 13.4. The summed E-state index contributed by atoms with van der Waals surface area (Å²) >= 11 is 0. The molecule has 3 aromatic rings. The molecule has 2 aromatic carbocycles. The molecule has 0 saturated carbocycles. The van der Waals surface area contributed by atoms with Gasteiger partial charge in [-0.15, -0.1) is 0 Å². The Morgan fingerprint density at radius 2 is 1.57 bits per heavy atom. The number of benzene rings is 2. The monoisotopic (exact) mass is 414 g/mol. The van der Waals surface area contributed by atoms with Gasteiger partial charge in [0.05, 0.1) is 23.3 Å². The summed E-state index contributed by atoms with van der Waals surface area (Å²) < 4.78 is 38.4. The van der Waals surface area contributed by atoms with Crippen molar-refractivity contribution in [2.45, 2.75) is 26.4 Å². The molecule has 0 unspecified atom stereocenters. The highest BCUT2D eigenvalue weighted by Gasteiger charge is 2.28. The smallest absolute Gasteiger partial charge is 0.424 e. The number of halogens is 2. The van der Waals surface area contributed by atoms with Crippen molar-refractivity contribution in [3.8, 4) is 5.69 Å². The van der Waals surface area contributed by atoms with Crippen LogP contribution in [0.2, 0.25) is 0 Å². The van der Waals surface area contributed by atoms with Crippen molar-refractivity contribution in [1.29, 1.82) is 0 Å². The first-order chi connectivity index (χ1) is 14.0. The fraction of sp³-hybridized carbons (Fsp3) is 0.182. The average Bonchev–Trinajstić information content (AvgIpc) is 3.04. The molecule has 1 amide bonds. The summed E-state index contributed by atoms with van der Waals surface area (Å²) in [6, 6.07) is 10.3. The van der Waals surface area contributed by atoms with E-state index in [1.54, 1.807) is 20.8 Å². The summed E-state index contributed by atoms with van der Waals surface area (Å²) in [5.41, 5.74) is -0.160. The number of aromatic nitrogens is 1. The minimum Gasteiger partial charge on any atom is -0.443 e. The van der Waals surface area contributed by atoms with E-state index in [-0.39, 0.29) is 17.1 Å². The van der Waals surface area contributed by atoms with Gasteiger partial charge in [-0.2, -0.15) is 0 Å². The fourth-order valence-corrected chi connectivity index (χ4v) is 2.63. The summed E-state index contributed by atoms with van der Waals surface area (Å²) in [7, 11) is 0. The third-order valence-electron chi connectivity index (χ3n) is 3.96. The first kappa shape index (κ1) is 21.0. The van der Waals surface area contributed by atoms with E-state index < -0.39 is 29.1 Å². The largest absolute Gasteiger partial charge is 0.443 e. The van der Waals surface area contributed by atoms with Gasteiger partial charge in [0, 0.05) is 0 Å². The number of oxazole rings is 1. The van der Waals surface area contributed by atoms with Gasteiger partial charge in [-0.3, -0.25) is 0 Å². The second-order valence-corrected chi connectivity index (χ2v) is 7.45. The highest BCUT2D eigenvalue weighted by atomic mass is 19.1. The Balaban J connectivity index is 2.01. The maximum Gasteiger partial charge on any atom is 0.424 e. The number of hydrogen-bond donors (Lipinski definition) is 0. The Bertz CT molecular complexity index is 1120. The van der Waals surface area contributed by atoms with E-state index in [0.29, 0.717) is 5.69 Å². The van der Waals surface area contributed by atoms with Gasteiger partial charge in [-0.1, -0.05) is 6.58 Å². The second kappa shape index (κ2) is 7.98. The molecule has 0 saturated heterocycles. The van der Waals surface area contributed by atoms with Crippen molar-refractivity contribution >= 4 is 17.5 Å². The van der Waals surface area contributed by atoms with Crippen LogP contribution >= 0.6 is 0 Å². The summed E-state index contributed by atoms with van der Waals surface area (Å²) in [6.07, 6.45) is 0.551. The van der Waals surface area contributed by atoms with Crippen molar-refractivity contribution in [3.05, 3.63) is 89.3 Å². The molecule has 0 atom stereocenters. The zero-order valence-corrected chi connectivity index (χ0v) is 16.7. The zero-order chi connectivity index (χ0) is 22.1. The van der Waals surface area contributed by atoms with Crippen LogP contribution in [0.5, 0.6) is 0 Å². The van der Waals surface area contributed by atoms with Crippen LogP contribution in [0.3, 0.4) is 0 Å². The lowest BCUT2D eigenvalue weighted by atomic mass is 10.2. The highest BCUT2D eigenvalue weighted by Crippen LogP contribution is 2.28. The molecule has 3 rings (SSSR count). The molecule has 1 aromatic heterocycles. The van der Waals surface area contributed by atoms with Gasteiger partial charge < -0.3 is 9.15 Å². The third-order valence-corrected chi connectivity index (χ3v) is 3.96. The lowest BCUT2D eigenvalue weighted by Crippen LogP contribution is -2.35. The molecule has 0 bridgehead atoms. The van der Waals surface area contributed by atoms with E-state index in [4.69, 9.17) is 9.15 Å². The number of rotatable bonds is 4. The Morgan fingerprint density at radius 1 is 1.03 bits per heavy atom. The van der Waals surface area contributed by atoms with E-state index in [1.807, 2.05) is 0 Å². The normalized spacial score (nSPS) is 11.2. The van der Waals surface area contributed by atoms with Crippen molar-refractivity contribution in [3.63, 3.8) is 0 Å². The van der Waals surface area contributed by atoms with E-state index >= 15 is 0 Å². The number of anilines is 1. The van der Waals surface area contributed by atoms with Gasteiger partial charge in [0.2, 0.25) is 0 Å². The van der Waals surface area contributed by atoms with Crippen LogP contribution in [-0.2, 0) is 4.74 Å². The predicted octanol–water partition coefficient (Wildman–Crippen LogP) is 5.12. The molecule has 6 nitrogen and oxygen atoms in total. The SMILES string of the molecule is C=C(c1cn(-c2ccc(F)cc2)c(=O)o1)N(C(=O)OC(C)(C)C)c1ccc(F)cc1. The Morgan fingerprint density at radius 3 is 2.10 bits per heavy atom. The van der Waals surface area contributed by atoms with Gasteiger partial charge in [0.15, 0.2) is 5.76 Å². The fourth-order valence-electron chi connectivity index (χ4n) is 2.63. The molecule has 0 fully saturated rings. The first-order valence-electron chi connectivity index (χ1n) is 9.01.